The van der Waals surface area contributed by atoms with Crippen molar-refractivity contribution in [3.8, 4) is 0 Å². The number of nitrogens with zero attached hydrogens (tertiary/aromatic N) is 2. The van der Waals surface area contributed by atoms with Crippen LogP contribution in [-0.4, -0.2) is 9.32 Å². The Bertz CT molecular complexity index is 514. The number of aromatic nitrogens is 1. The van der Waals surface area contributed by atoms with Crippen molar-refractivity contribution in [1.82, 2.24) is 4.40 Å². The third kappa shape index (κ3) is 1.58. The summed E-state index contributed by atoms with van der Waals surface area (Å²) in [6, 6.07) is 5.36. The van der Waals surface area contributed by atoms with E-state index in [2.05, 4.69) is 0 Å². The van der Waals surface area contributed by atoms with Gasteiger partial charge in [0, 0.05) is 24.0 Å². The number of fused-ring (bicyclic) bond motifs is 1. The predicted molar refractivity (Wildman–Crippen MR) is 58.1 cm³/mol. The van der Waals surface area contributed by atoms with Gasteiger partial charge in [-0.3, -0.25) is 10.1 Å². The van der Waals surface area contributed by atoms with Gasteiger partial charge in [0.1, 0.15) is 0 Å². The molecule has 2 aromatic rings. The SMILES string of the molecule is CC(C)c1cn2cccc2cc1[N+](=O)[O-]. The first-order chi connectivity index (χ1) is 7.09. The van der Waals surface area contributed by atoms with Crippen molar-refractivity contribution in [1.29, 1.82) is 0 Å². The van der Waals surface area contributed by atoms with Gasteiger partial charge in [-0.15, -0.1) is 0 Å². The molecule has 0 aliphatic rings. The van der Waals surface area contributed by atoms with E-state index in [-0.39, 0.29) is 16.5 Å². The zero-order valence-electron chi connectivity index (χ0n) is 8.68. The second-order valence-corrected chi connectivity index (χ2v) is 3.87. The molecule has 0 aromatic carbocycles. The summed E-state index contributed by atoms with van der Waals surface area (Å²) in [5.74, 6) is 0.150. The van der Waals surface area contributed by atoms with E-state index in [0.717, 1.165) is 11.1 Å². The molecule has 0 N–H and O–H groups in total. The molecule has 4 heteroatoms. The topological polar surface area (TPSA) is 47.5 Å². The molecule has 0 radical (unpaired) electrons. The molecular formula is C11H12N2O2. The van der Waals surface area contributed by atoms with E-state index < -0.39 is 0 Å². The van der Waals surface area contributed by atoms with Crippen LogP contribution in [-0.2, 0) is 0 Å². The van der Waals surface area contributed by atoms with Crippen LogP contribution in [0.4, 0.5) is 5.69 Å². The van der Waals surface area contributed by atoms with Crippen LogP contribution in [0.2, 0.25) is 0 Å². The second kappa shape index (κ2) is 3.38. The van der Waals surface area contributed by atoms with E-state index in [1.54, 1.807) is 6.07 Å². The molecule has 4 nitrogen and oxygen atoms in total. The molecule has 0 bridgehead atoms. The second-order valence-electron chi connectivity index (χ2n) is 3.87. The van der Waals surface area contributed by atoms with Crippen molar-refractivity contribution in [2.24, 2.45) is 0 Å². The van der Waals surface area contributed by atoms with E-state index in [1.807, 2.05) is 42.8 Å². The van der Waals surface area contributed by atoms with Crippen LogP contribution in [0.1, 0.15) is 25.3 Å². The third-order valence-corrected chi connectivity index (χ3v) is 2.49. The van der Waals surface area contributed by atoms with Gasteiger partial charge in [-0.25, -0.2) is 0 Å². The minimum Gasteiger partial charge on any atom is -0.323 e. The molecule has 0 aliphatic heterocycles. The van der Waals surface area contributed by atoms with Crippen molar-refractivity contribution in [2.45, 2.75) is 19.8 Å². The first-order valence-corrected chi connectivity index (χ1v) is 4.84. The van der Waals surface area contributed by atoms with Crippen LogP contribution in [0.15, 0.2) is 30.6 Å². The Labute approximate surface area is 87.3 Å². The first-order valence-electron chi connectivity index (χ1n) is 4.84. The molecule has 0 fully saturated rings. The van der Waals surface area contributed by atoms with Crippen molar-refractivity contribution in [2.75, 3.05) is 0 Å². The summed E-state index contributed by atoms with van der Waals surface area (Å²) in [7, 11) is 0. The molecule has 0 saturated heterocycles. The minimum absolute atomic E-state index is 0.150. The Kier molecular flexibility index (Phi) is 2.19. The number of hydrogen-bond acceptors (Lipinski definition) is 2. The molecular weight excluding hydrogens is 192 g/mol. The molecule has 0 spiro atoms. The number of hydrogen-bond donors (Lipinski definition) is 0. The highest BCUT2D eigenvalue weighted by molar-refractivity contribution is 5.57. The monoisotopic (exact) mass is 204 g/mol. The maximum atomic E-state index is 10.9. The van der Waals surface area contributed by atoms with E-state index >= 15 is 0 Å². The van der Waals surface area contributed by atoms with Gasteiger partial charge < -0.3 is 4.40 Å². The molecule has 15 heavy (non-hydrogen) atoms. The van der Waals surface area contributed by atoms with Crippen molar-refractivity contribution < 1.29 is 4.92 Å². The summed E-state index contributed by atoms with van der Waals surface area (Å²) in [6.45, 7) is 3.91. The fourth-order valence-corrected chi connectivity index (χ4v) is 1.69. The van der Waals surface area contributed by atoms with Crippen LogP contribution in [0.25, 0.3) is 5.52 Å². The summed E-state index contributed by atoms with van der Waals surface area (Å²) < 4.78 is 1.91. The Morgan fingerprint density at radius 2 is 2.20 bits per heavy atom. The molecule has 2 rings (SSSR count). The fraction of sp³-hybridized carbons (Fsp3) is 0.273. The maximum Gasteiger partial charge on any atom is 0.276 e. The lowest BCUT2D eigenvalue weighted by atomic mass is 10.0. The van der Waals surface area contributed by atoms with Crippen molar-refractivity contribution >= 4 is 11.2 Å². The largest absolute Gasteiger partial charge is 0.323 e. The molecule has 2 heterocycles. The van der Waals surface area contributed by atoms with Crippen molar-refractivity contribution in [3.63, 3.8) is 0 Å². The summed E-state index contributed by atoms with van der Waals surface area (Å²) >= 11 is 0. The maximum absolute atomic E-state index is 10.9. The standard InChI is InChI=1S/C11H12N2O2/c1-8(2)10-7-12-5-3-4-9(12)6-11(10)13(14)15/h3-8H,1-2H3. The highest BCUT2D eigenvalue weighted by Crippen LogP contribution is 2.27. The van der Waals surface area contributed by atoms with Gasteiger partial charge in [0.25, 0.3) is 5.69 Å². The molecule has 0 saturated carbocycles. The van der Waals surface area contributed by atoms with Gasteiger partial charge >= 0.3 is 0 Å². The smallest absolute Gasteiger partial charge is 0.276 e. The summed E-state index contributed by atoms with van der Waals surface area (Å²) in [4.78, 5) is 10.6. The lowest BCUT2D eigenvalue weighted by molar-refractivity contribution is -0.385. The molecule has 0 amide bonds. The summed E-state index contributed by atoms with van der Waals surface area (Å²) in [5, 5.41) is 10.9. The first kappa shape index (κ1) is 9.71. The number of pyridine rings is 1. The summed E-state index contributed by atoms with van der Waals surface area (Å²) in [5.41, 5.74) is 1.83. The van der Waals surface area contributed by atoms with Crippen LogP contribution in [0.3, 0.4) is 0 Å². The Balaban J connectivity index is 2.73. The predicted octanol–water partition coefficient (Wildman–Crippen LogP) is 2.97. The Morgan fingerprint density at radius 1 is 1.47 bits per heavy atom. The third-order valence-electron chi connectivity index (χ3n) is 2.49. The molecule has 2 aromatic heterocycles. The minimum atomic E-state index is -0.317. The average molecular weight is 204 g/mol. The van der Waals surface area contributed by atoms with Gasteiger partial charge in [-0.1, -0.05) is 13.8 Å². The van der Waals surface area contributed by atoms with Crippen LogP contribution in [0, 0.1) is 10.1 Å². The highest BCUT2D eigenvalue weighted by atomic mass is 16.6. The highest BCUT2D eigenvalue weighted by Gasteiger charge is 2.17. The molecule has 0 aliphatic carbocycles. The van der Waals surface area contributed by atoms with Gasteiger partial charge in [0.2, 0.25) is 0 Å². The van der Waals surface area contributed by atoms with Crippen molar-refractivity contribution in [3.05, 3.63) is 46.3 Å². The van der Waals surface area contributed by atoms with Gasteiger partial charge in [-0.05, 0) is 18.1 Å². The summed E-state index contributed by atoms with van der Waals surface area (Å²) in [6.07, 6.45) is 3.73. The van der Waals surface area contributed by atoms with E-state index in [4.69, 9.17) is 0 Å². The molecule has 0 unspecified atom stereocenters. The van der Waals surface area contributed by atoms with Crippen LogP contribution >= 0.6 is 0 Å². The lowest BCUT2D eigenvalue weighted by Crippen LogP contribution is -1.99. The van der Waals surface area contributed by atoms with Crippen LogP contribution < -0.4 is 0 Å². The Hall–Kier alpha value is -1.84. The van der Waals surface area contributed by atoms with Gasteiger partial charge in [0.05, 0.1) is 10.4 Å². The number of rotatable bonds is 2. The van der Waals surface area contributed by atoms with E-state index in [9.17, 15) is 10.1 Å². The molecule has 78 valence electrons. The zero-order valence-corrected chi connectivity index (χ0v) is 8.68. The Morgan fingerprint density at radius 3 is 2.80 bits per heavy atom. The lowest BCUT2D eigenvalue weighted by Gasteiger charge is -2.07. The molecule has 0 atom stereocenters. The normalized spacial score (nSPS) is 11.1. The van der Waals surface area contributed by atoms with E-state index in [1.165, 1.54) is 0 Å². The fourth-order valence-electron chi connectivity index (χ4n) is 1.69. The quantitative estimate of drug-likeness (QED) is 0.557. The van der Waals surface area contributed by atoms with E-state index in [0.29, 0.717) is 0 Å². The number of nitro groups is 1. The van der Waals surface area contributed by atoms with Gasteiger partial charge in [0.15, 0.2) is 0 Å². The van der Waals surface area contributed by atoms with Crippen LogP contribution in [0.5, 0.6) is 0 Å². The zero-order chi connectivity index (χ0) is 11.0. The van der Waals surface area contributed by atoms with Gasteiger partial charge in [-0.2, -0.15) is 0 Å². The average Bonchev–Trinajstić information content (AvgIpc) is 2.61.